The molecule has 2 heterocycles. The lowest BCUT2D eigenvalue weighted by atomic mass is 10.0. The predicted octanol–water partition coefficient (Wildman–Crippen LogP) is 2.68. The summed E-state index contributed by atoms with van der Waals surface area (Å²) in [5.41, 5.74) is 0.346. The molecule has 1 aliphatic heterocycles. The van der Waals surface area contributed by atoms with Crippen LogP contribution in [0.15, 0.2) is 79.6 Å². The first-order chi connectivity index (χ1) is 20.6. The largest absolute Gasteiger partial charge is 0.497 e. The highest BCUT2D eigenvalue weighted by molar-refractivity contribution is 7.89. The molecular formula is C29H35FN6O6S. The number of carbonyl (C=O) groups excluding carboxylic acids is 1. The number of carbonyl (C=O) groups is 2. The van der Waals surface area contributed by atoms with Crippen LogP contribution < -0.4 is 25.0 Å². The van der Waals surface area contributed by atoms with Gasteiger partial charge in [0.2, 0.25) is 16.0 Å². The first-order valence-corrected chi connectivity index (χ1v) is 15.1. The molecule has 14 heteroatoms. The maximum atomic E-state index is 14.8. The molecule has 230 valence electrons. The monoisotopic (exact) mass is 614 g/mol. The number of aromatic nitrogens is 2. The van der Waals surface area contributed by atoms with Gasteiger partial charge in [0.25, 0.3) is 5.91 Å². The summed E-state index contributed by atoms with van der Waals surface area (Å²) >= 11 is 0. The summed E-state index contributed by atoms with van der Waals surface area (Å²) in [4.78, 5) is 34.0. The topological polar surface area (TPSA) is 163 Å². The second-order valence-corrected chi connectivity index (χ2v) is 11.2. The van der Waals surface area contributed by atoms with Crippen molar-refractivity contribution in [2.45, 2.75) is 24.9 Å². The minimum Gasteiger partial charge on any atom is -0.497 e. The summed E-state index contributed by atoms with van der Waals surface area (Å²) < 4.78 is 45.3. The average Bonchev–Trinajstić information content (AvgIpc) is 3.00. The number of hydrogen-bond acceptors (Lipinski definition) is 9. The number of para-hydroxylation sites is 1. The highest BCUT2D eigenvalue weighted by Crippen LogP contribution is 2.25. The molecule has 0 bridgehead atoms. The van der Waals surface area contributed by atoms with Crippen molar-refractivity contribution in [1.29, 1.82) is 0 Å². The van der Waals surface area contributed by atoms with E-state index in [-0.39, 0.29) is 11.6 Å². The lowest BCUT2D eigenvalue weighted by Gasteiger charge is -2.34. The van der Waals surface area contributed by atoms with Gasteiger partial charge in [-0.2, -0.15) is 4.72 Å². The van der Waals surface area contributed by atoms with Crippen molar-refractivity contribution in [1.82, 2.24) is 20.0 Å². The third-order valence-electron chi connectivity index (χ3n) is 6.35. The number of hydrogen-bond donors (Lipinski definition) is 4. The van der Waals surface area contributed by atoms with Crippen LogP contribution in [0, 0.1) is 5.82 Å². The van der Waals surface area contributed by atoms with Gasteiger partial charge in [-0.15, -0.1) is 6.58 Å². The molecule has 1 amide bonds. The van der Waals surface area contributed by atoms with Crippen molar-refractivity contribution in [3.05, 3.63) is 91.0 Å². The minimum atomic E-state index is -3.91. The molecule has 0 saturated carbocycles. The molecule has 0 radical (unpaired) electrons. The van der Waals surface area contributed by atoms with Gasteiger partial charge >= 0.3 is 5.97 Å². The Kier molecular flexibility index (Phi) is 12.4. The summed E-state index contributed by atoms with van der Waals surface area (Å²) in [5.74, 6) is -1.78. The van der Waals surface area contributed by atoms with E-state index in [0.29, 0.717) is 24.7 Å². The number of rotatable bonds is 12. The van der Waals surface area contributed by atoms with Crippen LogP contribution >= 0.6 is 0 Å². The van der Waals surface area contributed by atoms with Crippen molar-refractivity contribution in [2.75, 3.05) is 42.7 Å². The zero-order valence-corrected chi connectivity index (χ0v) is 24.5. The molecule has 12 nitrogen and oxygen atoms in total. The number of anilines is 2. The Morgan fingerprint density at radius 1 is 1.14 bits per heavy atom. The lowest BCUT2D eigenvalue weighted by Crippen LogP contribution is -2.48. The zero-order chi connectivity index (χ0) is 31.2. The van der Waals surface area contributed by atoms with E-state index in [2.05, 4.69) is 27.2 Å². The number of piperidine rings is 1. The molecule has 4 N–H and O–H groups in total. The van der Waals surface area contributed by atoms with E-state index >= 15 is 0 Å². The Bertz CT molecular complexity index is 1450. The van der Waals surface area contributed by atoms with Crippen molar-refractivity contribution < 1.29 is 32.2 Å². The van der Waals surface area contributed by atoms with Gasteiger partial charge in [-0.25, -0.2) is 22.8 Å². The molecule has 0 spiro atoms. The van der Waals surface area contributed by atoms with Gasteiger partial charge in [-0.05, 0) is 49.2 Å². The average molecular weight is 615 g/mol. The van der Waals surface area contributed by atoms with E-state index in [1.807, 2.05) is 40.0 Å². The van der Waals surface area contributed by atoms with E-state index in [4.69, 9.17) is 4.74 Å². The smallest absolute Gasteiger partial charge is 0.323 e. The molecule has 1 aliphatic rings. The second-order valence-electron chi connectivity index (χ2n) is 9.45. The van der Waals surface area contributed by atoms with Crippen LogP contribution in [0.3, 0.4) is 0 Å². The van der Waals surface area contributed by atoms with E-state index in [0.717, 1.165) is 30.7 Å². The van der Waals surface area contributed by atoms with Crippen molar-refractivity contribution in [3.8, 4) is 5.75 Å². The quantitative estimate of drug-likeness (QED) is 0.223. The number of nitrogens with one attached hydrogen (secondary N) is 3. The SMILES string of the molecule is C=CCS(=O)(=O)N[C@@H](CNC(=O)c1ccc(N2CCC(Nc3ncccn3)CC2)c(F)c1)C(=O)O.COc1ccccc1. The molecular weight excluding hydrogens is 579 g/mol. The molecule has 1 atom stereocenters. The number of sulfonamides is 1. The van der Waals surface area contributed by atoms with E-state index in [1.54, 1.807) is 25.6 Å². The summed E-state index contributed by atoms with van der Waals surface area (Å²) in [6.45, 7) is 3.97. The number of carboxylic acid groups (broad SMARTS) is 1. The number of carboxylic acids is 1. The molecule has 4 rings (SSSR count). The fraction of sp³-hybridized carbons (Fsp3) is 0.310. The highest BCUT2D eigenvalue weighted by Gasteiger charge is 2.25. The van der Waals surface area contributed by atoms with Gasteiger partial charge in [-0.3, -0.25) is 9.59 Å². The summed E-state index contributed by atoms with van der Waals surface area (Å²) in [6.07, 6.45) is 5.92. The van der Waals surface area contributed by atoms with Crippen LogP contribution in [0.25, 0.3) is 0 Å². The molecule has 1 fully saturated rings. The van der Waals surface area contributed by atoms with E-state index in [1.165, 1.54) is 12.1 Å². The number of aliphatic carboxylic acids is 1. The Morgan fingerprint density at radius 3 is 2.37 bits per heavy atom. The third kappa shape index (κ3) is 10.7. The molecule has 0 unspecified atom stereocenters. The maximum absolute atomic E-state index is 14.8. The van der Waals surface area contributed by atoms with Crippen LogP contribution in [-0.2, 0) is 14.8 Å². The number of amides is 1. The van der Waals surface area contributed by atoms with Crippen LogP contribution in [0.4, 0.5) is 16.0 Å². The first kappa shape index (κ1) is 32.9. The van der Waals surface area contributed by atoms with E-state index in [9.17, 15) is 27.5 Å². The number of benzene rings is 2. The molecule has 1 aromatic heterocycles. The summed E-state index contributed by atoms with van der Waals surface area (Å²) in [5, 5.41) is 14.8. The molecule has 2 aromatic carbocycles. The van der Waals surface area contributed by atoms with Crippen molar-refractivity contribution in [3.63, 3.8) is 0 Å². The Morgan fingerprint density at radius 2 is 1.81 bits per heavy atom. The third-order valence-corrected chi connectivity index (χ3v) is 7.67. The van der Waals surface area contributed by atoms with Crippen LogP contribution in [0.2, 0.25) is 0 Å². The summed E-state index contributed by atoms with van der Waals surface area (Å²) in [7, 11) is -2.25. The standard InChI is InChI=1S/C22H27FN6O5S.C7H8O/c1-2-12-35(33,34)28-18(21(31)32)14-26-20(30)15-4-5-19(17(23)13-15)29-10-6-16(7-11-29)27-22-24-8-3-9-25-22;1-8-7-5-3-2-4-6-7/h2-5,8-9,13,16,18,28H,1,6-7,10-12,14H2,(H,26,30)(H,31,32)(H,24,25,27);2-6H,1H3/t18-;/m0./s1. The Hall–Kier alpha value is -4.56. The Labute approximate surface area is 250 Å². The molecule has 3 aromatic rings. The van der Waals surface area contributed by atoms with Gasteiger partial charge in [0, 0.05) is 43.6 Å². The second kappa shape index (κ2) is 16.2. The van der Waals surface area contributed by atoms with Gasteiger partial charge in [-0.1, -0.05) is 24.3 Å². The van der Waals surface area contributed by atoms with Gasteiger partial charge in [0.15, 0.2) is 0 Å². The van der Waals surface area contributed by atoms with Gasteiger partial charge in [0.05, 0.1) is 18.6 Å². The highest BCUT2D eigenvalue weighted by atomic mass is 32.2. The Balaban J connectivity index is 0.000000546. The predicted molar refractivity (Wildman–Crippen MR) is 161 cm³/mol. The zero-order valence-electron chi connectivity index (χ0n) is 23.6. The number of nitrogens with zero attached hydrogens (tertiary/aromatic N) is 3. The van der Waals surface area contributed by atoms with Gasteiger partial charge < -0.3 is 25.4 Å². The van der Waals surface area contributed by atoms with E-state index < -0.39 is 46.1 Å². The maximum Gasteiger partial charge on any atom is 0.323 e. The molecule has 1 saturated heterocycles. The molecule has 0 aliphatic carbocycles. The van der Waals surface area contributed by atoms with Crippen LogP contribution in [-0.4, -0.2) is 79.9 Å². The minimum absolute atomic E-state index is 0.0119. The fourth-order valence-corrected chi connectivity index (χ4v) is 5.20. The lowest BCUT2D eigenvalue weighted by molar-refractivity contribution is -0.138. The van der Waals surface area contributed by atoms with Crippen molar-refractivity contribution in [2.24, 2.45) is 0 Å². The van der Waals surface area contributed by atoms with Crippen molar-refractivity contribution >= 4 is 33.5 Å². The number of halogens is 1. The normalized spacial score (nSPS) is 14.0. The number of ether oxygens (including phenoxy) is 1. The number of methoxy groups -OCH3 is 1. The molecule has 43 heavy (non-hydrogen) atoms. The fourth-order valence-electron chi connectivity index (χ4n) is 4.18. The summed E-state index contributed by atoms with van der Waals surface area (Å²) in [6, 6.07) is 14.0. The first-order valence-electron chi connectivity index (χ1n) is 13.4. The van der Waals surface area contributed by atoms with Gasteiger partial charge in [0.1, 0.15) is 17.6 Å². The van der Waals surface area contributed by atoms with Crippen LogP contribution in [0.1, 0.15) is 23.2 Å². The van der Waals surface area contributed by atoms with Crippen LogP contribution in [0.5, 0.6) is 5.75 Å².